The van der Waals surface area contributed by atoms with Gasteiger partial charge in [0.25, 0.3) is 0 Å². The number of hydrogen-bond acceptors (Lipinski definition) is 7. The number of anilines is 3. The van der Waals surface area contributed by atoms with Crippen molar-refractivity contribution < 1.29 is 4.74 Å². The Morgan fingerprint density at radius 2 is 2.04 bits per heavy atom. The first kappa shape index (κ1) is 16.8. The van der Waals surface area contributed by atoms with Gasteiger partial charge in [-0.3, -0.25) is 0 Å². The fraction of sp³-hybridized carbons (Fsp3) is 0.438. The summed E-state index contributed by atoms with van der Waals surface area (Å²) in [6.45, 7) is 8.71. The summed E-state index contributed by atoms with van der Waals surface area (Å²) in [4.78, 5) is 14.1. The topological polar surface area (TPSA) is 89.2 Å². The van der Waals surface area contributed by atoms with Crippen molar-refractivity contribution in [2.45, 2.75) is 26.8 Å². The van der Waals surface area contributed by atoms with Crippen molar-refractivity contribution in [3.63, 3.8) is 0 Å². The summed E-state index contributed by atoms with van der Waals surface area (Å²) >= 11 is 0. The highest BCUT2D eigenvalue weighted by atomic mass is 16.5. The van der Waals surface area contributed by atoms with Crippen LogP contribution in [0.1, 0.15) is 20.8 Å². The second kappa shape index (κ2) is 8.17. The maximum atomic E-state index is 5.86. The van der Waals surface area contributed by atoms with Crippen LogP contribution in [-0.2, 0) is 0 Å². The fourth-order valence-corrected chi connectivity index (χ4v) is 2.22. The molecule has 0 saturated carbocycles. The molecule has 0 amide bonds. The maximum absolute atomic E-state index is 5.86. The first-order valence-electron chi connectivity index (χ1n) is 7.81. The van der Waals surface area contributed by atoms with Crippen LogP contribution in [-0.4, -0.2) is 40.7 Å². The first-order chi connectivity index (χ1) is 11.1. The number of ether oxygens (including phenoxy) is 1. The van der Waals surface area contributed by atoms with Gasteiger partial charge in [-0.1, -0.05) is 6.07 Å². The van der Waals surface area contributed by atoms with E-state index in [2.05, 4.69) is 51.1 Å². The van der Waals surface area contributed by atoms with Crippen LogP contribution in [0.2, 0.25) is 0 Å². The van der Waals surface area contributed by atoms with Gasteiger partial charge in [0.05, 0.1) is 6.04 Å². The van der Waals surface area contributed by atoms with Gasteiger partial charge < -0.3 is 20.7 Å². The summed E-state index contributed by atoms with van der Waals surface area (Å²) in [7, 11) is 0. The van der Waals surface area contributed by atoms with Crippen LogP contribution in [0, 0.1) is 0 Å². The highest BCUT2D eigenvalue weighted by Gasteiger charge is 2.07. The predicted molar refractivity (Wildman–Crippen MR) is 92.8 cm³/mol. The van der Waals surface area contributed by atoms with Crippen LogP contribution in [0.15, 0.2) is 30.6 Å². The van der Waals surface area contributed by atoms with Crippen molar-refractivity contribution in [1.29, 1.82) is 0 Å². The van der Waals surface area contributed by atoms with E-state index in [-0.39, 0.29) is 12.0 Å². The summed E-state index contributed by atoms with van der Waals surface area (Å²) in [6, 6.07) is 8.15. The molecule has 0 spiro atoms. The number of nitrogens with two attached hydrogens (primary N) is 1. The molecule has 0 aliphatic carbocycles. The van der Waals surface area contributed by atoms with Gasteiger partial charge in [0.2, 0.25) is 11.9 Å². The van der Waals surface area contributed by atoms with Gasteiger partial charge in [-0.2, -0.15) is 4.98 Å². The SMILES string of the molecule is CCN(CC)c1cccc(OCC(C)Nc2ncnc(N)n2)c1. The van der Waals surface area contributed by atoms with Crippen molar-refractivity contribution in [2.24, 2.45) is 0 Å². The van der Waals surface area contributed by atoms with Gasteiger partial charge in [0.15, 0.2) is 0 Å². The summed E-state index contributed by atoms with van der Waals surface area (Å²) in [5.74, 6) is 1.49. The minimum atomic E-state index is 0.0360. The molecule has 7 nitrogen and oxygen atoms in total. The van der Waals surface area contributed by atoms with Crippen molar-refractivity contribution in [2.75, 3.05) is 35.6 Å². The summed E-state index contributed by atoms with van der Waals surface area (Å²) in [5.41, 5.74) is 6.70. The largest absolute Gasteiger partial charge is 0.491 e. The summed E-state index contributed by atoms with van der Waals surface area (Å²) in [6.07, 6.45) is 1.38. The number of aromatic nitrogens is 3. The lowest BCUT2D eigenvalue weighted by atomic mass is 10.2. The molecule has 0 fully saturated rings. The molecule has 0 aliphatic heterocycles. The Kier molecular flexibility index (Phi) is 5.96. The van der Waals surface area contributed by atoms with Crippen LogP contribution in [0.4, 0.5) is 17.6 Å². The summed E-state index contributed by atoms with van der Waals surface area (Å²) < 4.78 is 5.86. The highest BCUT2D eigenvalue weighted by molar-refractivity contribution is 5.50. The minimum Gasteiger partial charge on any atom is -0.491 e. The molecule has 1 aromatic heterocycles. The van der Waals surface area contributed by atoms with E-state index < -0.39 is 0 Å². The van der Waals surface area contributed by atoms with Crippen molar-refractivity contribution in [3.05, 3.63) is 30.6 Å². The third-order valence-corrected chi connectivity index (χ3v) is 3.41. The van der Waals surface area contributed by atoms with Crippen LogP contribution < -0.4 is 20.7 Å². The Morgan fingerprint density at radius 1 is 1.26 bits per heavy atom. The molecule has 1 aromatic carbocycles. The zero-order chi connectivity index (χ0) is 16.7. The molecule has 2 aromatic rings. The van der Waals surface area contributed by atoms with E-state index in [4.69, 9.17) is 10.5 Å². The lowest BCUT2D eigenvalue weighted by Gasteiger charge is -2.22. The lowest BCUT2D eigenvalue weighted by Crippen LogP contribution is -2.25. The van der Waals surface area contributed by atoms with E-state index in [0.717, 1.165) is 18.8 Å². The molecule has 124 valence electrons. The Bertz CT molecular complexity index is 617. The van der Waals surface area contributed by atoms with Gasteiger partial charge in [-0.25, -0.2) is 9.97 Å². The van der Waals surface area contributed by atoms with Crippen LogP contribution in [0.3, 0.4) is 0 Å². The molecular formula is C16H24N6O. The average molecular weight is 316 g/mol. The standard InChI is InChI=1S/C16H24N6O/c1-4-22(5-2)13-7-6-8-14(9-13)23-10-12(3)20-16-19-11-18-15(17)21-16/h6-9,11-12H,4-5,10H2,1-3H3,(H3,17,18,19,20,21). The normalized spacial score (nSPS) is 11.8. The molecule has 1 heterocycles. The van der Waals surface area contributed by atoms with Gasteiger partial charge >= 0.3 is 0 Å². The minimum absolute atomic E-state index is 0.0360. The Balaban J connectivity index is 1.91. The zero-order valence-corrected chi connectivity index (χ0v) is 13.9. The van der Waals surface area contributed by atoms with Crippen LogP contribution >= 0.6 is 0 Å². The van der Waals surface area contributed by atoms with E-state index >= 15 is 0 Å². The second-order valence-corrected chi connectivity index (χ2v) is 5.19. The third-order valence-electron chi connectivity index (χ3n) is 3.41. The van der Waals surface area contributed by atoms with Gasteiger partial charge in [-0.05, 0) is 32.9 Å². The Hall–Kier alpha value is -2.57. The Labute approximate surface area is 136 Å². The van der Waals surface area contributed by atoms with Crippen molar-refractivity contribution >= 4 is 17.6 Å². The van der Waals surface area contributed by atoms with Gasteiger partial charge in [0.1, 0.15) is 18.7 Å². The number of rotatable bonds is 8. The quantitative estimate of drug-likeness (QED) is 0.771. The molecule has 23 heavy (non-hydrogen) atoms. The number of nitrogen functional groups attached to an aromatic ring is 1. The maximum Gasteiger partial charge on any atom is 0.227 e. The number of nitrogens with zero attached hydrogens (tertiary/aromatic N) is 4. The first-order valence-corrected chi connectivity index (χ1v) is 7.81. The molecule has 7 heteroatoms. The van der Waals surface area contributed by atoms with E-state index in [1.807, 2.05) is 19.1 Å². The zero-order valence-electron chi connectivity index (χ0n) is 13.9. The molecule has 2 rings (SSSR count). The van der Waals surface area contributed by atoms with E-state index in [0.29, 0.717) is 12.6 Å². The van der Waals surface area contributed by atoms with E-state index in [9.17, 15) is 0 Å². The van der Waals surface area contributed by atoms with Crippen molar-refractivity contribution in [1.82, 2.24) is 15.0 Å². The van der Waals surface area contributed by atoms with Gasteiger partial charge in [0, 0.05) is 24.8 Å². The third kappa shape index (κ3) is 4.98. The van der Waals surface area contributed by atoms with Crippen molar-refractivity contribution in [3.8, 4) is 5.75 Å². The summed E-state index contributed by atoms with van der Waals surface area (Å²) in [5, 5.41) is 3.14. The van der Waals surface area contributed by atoms with Gasteiger partial charge in [-0.15, -0.1) is 0 Å². The molecule has 0 aliphatic rings. The van der Waals surface area contributed by atoms with E-state index in [1.54, 1.807) is 0 Å². The molecule has 1 unspecified atom stereocenters. The lowest BCUT2D eigenvalue weighted by molar-refractivity contribution is 0.303. The number of nitrogens with one attached hydrogen (secondary N) is 1. The van der Waals surface area contributed by atoms with Crippen LogP contribution in [0.25, 0.3) is 0 Å². The predicted octanol–water partition coefficient (Wildman–Crippen LogP) is 2.18. The number of benzene rings is 1. The Morgan fingerprint density at radius 3 is 2.74 bits per heavy atom. The molecule has 0 saturated heterocycles. The average Bonchev–Trinajstić information content (AvgIpc) is 2.55. The molecule has 3 N–H and O–H groups in total. The molecule has 1 atom stereocenters. The molecular weight excluding hydrogens is 292 g/mol. The number of hydrogen-bond donors (Lipinski definition) is 2. The monoisotopic (exact) mass is 316 g/mol. The second-order valence-electron chi connectivity index (χ2n) is 5.19. The molecule has 0 bridgehead atoms. The van der Waals surface area contributed by atoms with E-state index in [1.165, 1.54) is 12.0 Å². The highest BCUT2D eigenvalue weighted by Crippen LogP contribution is 2.21. The van der Waals surface area contributed by atoms with Crippen LogP contribution in [0.5, 0.6) is 5.75 Å². The smallest absolute Gasteiger partial charge is 0.227 e. The molecule has 0 radical (unpaired) electrons. The fourth-order valence-electron chi connectivity index (χ4n) is 2.22.